The van der Waals surface area contributed by atoms with E-state index in [0.29, 0.717) is 5.69 Å². The van der Waals surface area contributed by atoms with E-state index < -0.39 is 0 Å². The minimum Gasteiger partial charge on any atom is -0.302 e. The maximum atomic E-state index is 11.8. The van der Waals surface area contributed by atoms with Crippen LogP contribution >= 0.6 is 12.2 Å². The summed E-state index contributed by atoms with van der Waals surface area (Å²) in [5.74, 6) is -0.637. The fourth-order valence-electron chi connectivity index (χ4n) is 1.67. The van der Waals surface area contributed by atoms with Crippen LogP contribution in [0.4, 0.5) is 5.69 Å². The molecule has 1 aliphatic rings. The fraction of sp³-hybridized carbons (Fsp3) is 0.250. The van der Waals surface area contributed by atoms with Crippen LogP contribution in [0.15, 0.2) is 18.2 Å². The van der Waals surface area contributed by atoms with Crippen LogP contribution in [0.25, 0.3) is 0 Å². The number of rotatable bonds is 1. The lowest BCUT2D eigenvalue weighted by Crippen LogP contribution is -2.52. The van der Waals surface area contributed by atoms with Gasteiger partial charge in [-0.1, -0.05) is 6.07 Å². The molecule has 0 radical (unpaired) electrons. The molecule has 1 aromatic carbocycles. The topological polar surface area (TPSA) is 49.4 Å². The lowest BCUT2D eigenvalue weighted by atomic mass is 10.1. The Balaban J connectivity index is 2.38. The quantitative estimate of drug-likeness (QED) is 0.604. The van der Waals surface area contributed by atoms with E-state index in [1.807, 2.05) is 32.0 Å². The fourth-order valence-corrected chi connectivity index (χ4v) is 2.00. The molecule has 2 amide bonds. The first kappa shape index (κ1) is 11.7. The van der Waals surface area contributed by atoms with E-state index in [0.717, 1.165) is 11.1 Å². The predicted octanol–water partition coefficient (Wildman–Crippen LogP) is 1.44. The maximum absolute atomic E-state index is 11.8. The van der Waals surface area contributed by atoms with Crippen molar-refractivity contribution < 1.29 is 9.59 Å². The molecule has 17 heavy (non-hydrogen) atoms. The summed E-state index contributed by atoms with van der Waals surface area (Å²) < 4.78 is 0. The highest BCUT2D eigenvalue weighted by Gasteiger charge is 2.29. The molecule has 1 N–H and O–H groups in total. The molecule has 1 aromatic rings. The van der Waals surface area contributed by atoms with Gasteiger partial charge in [0.2, 0.25) is 11.8 Å². The lowest BCUT2D eigenvalue weighted by molar-refractivity contribution is -0.127. The summed E-state index contributed by atoms with van der Waals surface area (Å²) in [7, 11) is 0. The Morgan fingerprint density at radius 3 is 2.53 bits per heavy atom. The zero-order valence-electron chi connectivity index (χ0n) is 9.61. The number of carbonyl (C=O) groups is 2. The third kappa shape index (κ3) is 2.19. The first-order valence-corrected chi connectivity index (χ1v) is 5.64. The van der Waals surface area contributed by atoms with Gasteiger partial charge in [0.1, 0.15) is 6.42 Å². The van der Waals surface area contributed by atoms with Crippen molar-refractivity contribution in [1.29, 1.82) is 0 Å². The molecule has 1 saturated heterocycles. The van der Waals surface area contributed by atoms with Gasteiger partial charge in [-0.25, -0.2) is 0 Å². The molecule has 0 aromatic heterocycles. The minimum atomic E-state index is -0.347. The number of carbonyl (C=O) groups excluding carboxylic acids is 2. The van der Waals surface area contributed by atoms with Crippen molar-refractivity contribution in [1.82, 2.24) is 5.32 Å². The van der Waals surface area contributed by atoms with E-state index >= 15 is 0 Å². The second-order valence-electron chi connectivity index (χ2n) is 4.03. The Morgan fingerprint density at radius 2 is 1.94 bits per heavy atom. The summed E-state index contributed by atoms with van der Waals surface area (Å²) in [4.78, 5) is 24.3. The zero-order chi connectivity index (χ0) is 12.6. The summed E-state index contributed by atoms with van der Waals surface area (Å²) >= 11 is 5.01. The van der Waals surface area contributed by atoms with Crippen LogP contribution in [0.2, 0.25) is 0 Å². The minimum absolute atomic E-state index is 0.148. The molecule has 0 unspecified atom stereocenters. The van der Waals surface area contributed by atoms with E-state index in [-0.39, 0.29) is 23.3 Å². The summed E-state index contributed by atoms with van der Waals surface area (Å²) in [5.41, 5.74) is 2.92. The molecule has 1 fully saturated rings. The van der Waals surface area contributed by atoms with E-state index in [2.05, 4.69) is 5.32 Å². The van der Waals surface area contributed by atoms with Gasteiger partial charge in [-0.05, 0) is 49.3 Å². The number of amides is 2. The molecular formula is C12H12N2O2S. The van der Waals surface area contributed by atoms with Gasteiger partial charge in [0.15, 0.2) is 5.11 Å². The number of hydrogen-bond donors (Lipinski definition) is 1. The van der Waals surface area contributed by atoms with Gasteiger partial charge in [-0.3, -0.25) is 14.5 Å². The molecular weight excluding hydrogens is 236 g/mol. The molecule has 0 saturated carbocycles. The number of nitrogens with one attached hydrogen (secondary N) is 1. The Labute approximate surface area is 105 Å². The van der Waals surface area contributed by atoms with Crippen molar-refractivity contribution in [2.24, 2.45) is 0 Å². The average molecular weight is 248 g/mol. The molecule has 0 bridgehead atoms. The van der Waals surface area contributed by atoms with Gasteiger partial charge in [0.05, 0.1) is 5.69 Å². The van der Waals surface area contributed by atoms with Crippen LogP contribution < -0.4 is 10.2 Å². The normalized spacial score (nSPS) is 16.1. The van der Waals surface area contributed by atoms with Crippen LogP contribution in [-0.2, 0) is 9.59 Å². The van der Waals surface area contributed by atoms with Crippen LogP contribution in [0, 0.1) is 13.8 Å². The van der Waals surface area contributed by atoms with Crippen LogP contribution in [0.5, 0.6) is 0 Å². The Morgan fingerprint density at radius 1 is 1.24 bits per heavy atom. The summed E-state index contributed by atoms with van der Waals surface area (Å²) in [6.07, 6.45) is -0.160. The van der Waals surface area contributed by atoms with Crippen molar-refractivity contribution in [2.45, 2.75) is 20.3 Å². The van der Waals surface area contributed by atoms with Crippen LogP contribution in [0.1, 0.15) is 17.5 Å². The zero-order valence-corrected chi connectivity index (χ0v) is 10.4. The first-order valence-electron chi connectivity index (χ1n) is 5.23. The smallest absolute Gasteiger partial charge is 0.242 e. The highest BCUT2D eigenvalue weighted by atomic mass is 32.1. The Kier molecular flexibility index (Phi) is 2.93. The molecule has 0 atom stereocenters. The standard InChI is InChI=1S/C12H12N2O2S/c1-7-3-4-9(5-8(7)2)14-11(16)6-10(15)13-12(14)17/h3-5H,6H2,1-2H3,(H,13,15,17). The van der Waals surface area contributed by atoms with Gasteiger partial charge in [0.25, 0.3) is 0 Å². The van der Waals surface area contributed by atoms with Crippen molar-refractivity contribution in [3.05, 3.63) is 29.3 Å². The highest BCUT2D eigenvalue weighted by molar-refractivity contribution is 7.80. The van der Waals surface area contributed by atoms with Gasteiger partial charge in [0, 0.05) is 0 Å². The van der Waals surface area contributed by atoms with Gasteiger partial charge >= 0.3 is 0 Å². The van der Waals surface area contributed by atoms with Crippen molar-refractivity contribution >= 4 is 34.8 Å². The van der Waals surface area contributed by atoms with E-state index in [1.54, 1.807) is 0 Å². The summed E-state index contributed by atoms with van der Waals surface area (Å²) in [6, 6.07) is 5.64. The number of aryl methyl sites for hydroxylation is 2. The maximum Gasteiger partial charge on any atom is 0.242 e. The van der Waals surface area contributed by atoms with Crippen molar-refractivity contribution in [3.8, 4) is 0 Å². The van der Waals surface area contributed by atoms with Crippen molar-refractivity contribution in [2.75, 3.05) is 4.90 Å². The molecule has 1 aliphatic heterocycles. The number of hydrogen-bond acceptors (Lipinski definition) is 3. The Hall–Kier alpha value is -1.75. The second-order valence-corrected chi connectivity index (χ2v) is 4.41. The monoisotopic (exact) mass is 248 g/mol. The summed E-state index contributed by atoms with van der Waals surface area (Å²) in [6.45, 7) is 3.96. The van der Waals surface area contributed by atoms with Gasteiger partial charge < -0.3 is 5.32 Å². The lowest BCUT2D eigenvalue weighted by Gasteiger charge is -2.27. The SMILES string of the molecule is Cc1ccc(N2C(=O)CC(=O)NC2=S)cc1C. The molecule has 0 aliphatic carbocycles. The van der Waals surface area contributed by atoms with Gasteiger partial charge in [-0.2, -0.15) is 0 Å². The number of thiocarbonyl (C=S) groups is 1. The molecule has 1 heterocycles. The van der Waals surface area contributed by atoms with Gasteiger partial charge in [-0.15, -0.1) is 0 Å². The summed E-state index contributed by atoms with van der Waals surface area (Å²) in [5, 5.41) is 2.64. The number of anilines is 1. The van der Waals surface area contributed by atoms with E-state index in [1.165, 1.54) is 4.90 Å². The first-order chi connectivity index (χ1) is 7.99. The number of nitrogens with zero attached hydrogens (tertiary/aromatic N) is 1. The second kappa shape index (κ2) is 4.25. The highest BCUT2D eigenvalue weighted by Crippen LogP contribution is 2.21. The molecule has 2 rings (SSSR count). The molecule has 5 heteroatoms. The van der Waals surface area contributed by atoms with Crippen LogP contribution in [0.3, 0.4) is 0 Å². The van der Waals surface area contributed by atoms with Crippen LogP contribution in [-0.4, -0.2) is 16.9 Å². The third-order valence-electron chi connectivity index (χ3n) is 2.76. The molecule has 4 nitrogen and oxygen atoms in total. The largest absolute Gasteiger partial charge is 0.302 e. The van der Waals surface area contributed by atoms with E-state index in [4.69, 9.17) is 12.2 Å². The molecule has 88 valence electrons. The molecule has 0 spiro atoms. The Bertz CT molecular complexity index is 505. The van der Waals surface area contributed by atoms with Crippen molar-refractivity contribution in [3.63, 3.8) is 0 Å². The van der Waals surface area contributed by atoms with E-state index in [9.17, 15) is 9.59 Å². The number of benzene rings is 1. The predicted molar refractivity (Wildman–Crippen MR) is 68.8 cm³/mol. The third-order valence-corrected chi connectivity index (χ3v) is 3.04. The average Bonchev–Trinajstić information content (AvgIpc) is 2.21.